The van der Waals surface area contributed by atoms with Crippen LogP contribution in [0, 0.1) is 5.41 Å². The van der Waals surface area contributed by atoms with Crippen molar-refractivity contribution in [3.8, 4) is 0 Å². The van der Waals surface area contributed by atoms with Gasteiger partial charge in [-0.1, -0.05) is 0 Å². The first-order chi connectivity index (χ1) is 4.26. The highest BCUT2D eigenvalue weighted by molar-refractivity contribution is 6.11. The molecule has 0 amide bonds. The molecular weight excluding hydrogens is 120 g/mol. The predicted molar refractivity (Wildman–Crippen MR) is 27.6 cm³/mol. The van der Waals surface area contributed by atoms with E-state index in [9.17, 15) is 9.59 Å². The van der Waals surface area contributed by atoms with E-state index in [0.29, 0.717) is 12.8 Å². The van der Waals surface area contributed by atoms with Crippen LogP contribution in [-0.4, -0.2) is 18.4 Å². The Morgan fingerprint density at radius 2 is 2.00 bits per heavy atom. The number of Topliss-reactive ketones (excluding diaryl/α,β-unsaturated/α-hetero) is 1. The van der Waals surface area contributed by atoms with E-state index in [-0.39, 0.29) is 18.4 Å². The van der Waals surface area contributed by atoms with Crippen LogP contribution < -0.4 is 0 Å². The van der Waals surface area contributed by atoms with E-state index >= 15 is 0 Å². The summed E-state index contributed by atoms with van der Waals surface area (Å²) in [5.41, 5.74) is -0.639. The lowest BCUT2D eigenvalue weighted by atomic mass is 10.1. The smallest absolute Gasteiger partial charge is 0.320 e. The van der Waals surface area contributed by atoms with Gasteiger partial charge in [-0.3, -0.25) is 9.59 Å². The van der Waals surface area contributed by atoms with E-state index in [1.165, 1.54) is 0 Å². The Kier molecular flexibility index (Phi) is 0.648. The minimum Gasteiger partial charge on any atom is -0.457 e. The maximum absolute atomic E-state index is 10.8. The molecule has 9 heavy (non-hydrogen) atoms. The summed E-state index contributed by atoms with van der Waals surface area (Å²) in [6.07, 6.45) is 1.43. The summed E-state index contributed by atoms with van der Waals surface area (Å²) in [5, 5.41) is 0. The van der Waals surface area contributed by atoms with Crippen molar-refractivity contribution in [2.75, 3.05) is 6.61 Å². The molecule has 0 N–H and O–H groups in total. The van der Waals surface area contributed by atoms with Gasteiger partial charge in [0.15, 0.2) is 12.4 Å². The van der Waals surface area contributed by atoms with Crippen molar-refractivity contribution in [1.82, 2.24) is 0 Å². The number of hydrogen-bond acceptors (Lipinski definition) is 3. The molecule has 0 unspecified atom stereocenters. The highest BCUT2D eigenvalue weighted by Crippen LogP contribution is 2.50. The molecule has 0 bridgehead atoms. The Hall–Kier alpha value is -0.860. The first-order valence-electron chi connectivity index (χ1n) is 2.96. The molecule has 0 atom stereocenters. The van der Waals surface area contributed by atoms with Crippen molar-refractivity contribution in [3.05, 3.63) is 0 Å². The fraction of sp³-hybridized carbons (Fsp3) is 0.667. The fourth-order valence-corrected chi connectivity index (χ4v) is 1.13. The van der Waals surface area contributed by atoms with Crippen LogP contribution in [0.4, 0.5) is 0 Å². The maximum atomic E-state index is 10.8. The standard InChI is InChI=1S/C6H6O3/c7-4-3-9-5(8)6(4)1-2-6/h1-3H2. The van der Waals surface area contributed by atoms with Crippen LogP contribution in [-0.2, 0) is 14.3 Å². The van der Waals surface area contributed by atoms with Crippen molar-refractivity contribution in [1.29, 1.82) is 0 Å². The van der Waals surface area contributed by atoms with Crippen LogP contribution in [0.2, 0.25) is 0 Å². The second-order valence-electron chi connectivity index (χ2n) is 2.58. The lowest BCUT2D eigenvalue weighted by Gasteiger charge is -1.92. The first kappa shape index (κ1) is 4.97. The van der Waals surface area contributed by atoms with Gasteiger partial charge in [0, 0.05) is 0 Å². The zero-order valence-electron chi connectivity index (χ0n) is 4.85. The van der Waals surface area contributed by atoms with Gasteiger partial charge in [0.2, 0.25) is 0 Å². The maximum Gasteiger partial charge on any atom is 0.320 e. The van der Waals surface area contributed by atoms with Gasteiger partial charge in [0.25, 0.3) is 0 Å². The first-order valence-corrected chi connectivity index (χ1v) is 2.96. The summed E-state index contributed by atoms with van der Waals surface area (Å²) in [5.74, 6) is -0.319. The summed E-state index contributed by atoms with van der Waals surface area (Å²) >= 11 is 0. The number of ketones is 1. The molecule has 0 radical (unpaired) electrons. The Morgan fingerprint density at radius 1 is 1.33 bits per heavy atom. The van der Waals surface area contributed by atoms with Gasteiger partial charge in [0.1, 0.15) is 5.41 Å². The number of hydrogen-bond donors (Lipinski definition) is 0. The quantitative estimate of drug-likeness (QED) is 0.336. The van der Waals surface area contributed by atoms with Gasteiger partial charge in [-0.05, 0) is 12.8 Å². The van der Waals surface area contributed by atoms with Crippen molar-refractivity contribution in [2.24, 2.45) is 5.41 Å². The molecule has 0 aromatic carbocycles. The lowest BCUT2D eigenvalue weighted by Crippen LogP contribution is -2.15. The fourth-order valence-electron chi connectivity index (χ4n) is 1.13. The predicted octanol–water partition coefficient (Wildman–Crippen LogP) is -0.107. The van der Waals surface area contributed by atoms with Gasteiger partial charge in [-0.2, -0.15) is 0 Å². The Morgan fingerprint density at radius 3 is 2.22 bits per heavy atom. The van der Waals surface area contributed by atoms with Gasteiger partial charge in [-0.25, -0.2) is 0 Å². The van der Waals surface area contributed by atoms with E-state index in [0.717, 1.165) is 0 Å². The molecule has 0 aromatic rings. The van der Waals surface area contributed by atoms with Gasteiger partial charge >= 0.3 is 5.97 Å². The zero-order chi connectivity index (χ0) is 6.48. The van der Waals surface area contributed by atoms with Gasteiger partial charge in [0.05, 0.1) is 0 Å². The SMILES string of the molecule is O=C1COC(=O)C12CC2. The molecule has 3 nitrogen and oxygen atoms in total. The third kappa shape index (κ3) is 0.422. The molecule has 0 aromatic heterocycles. The number of carbonyl (C=O) groups excluding carboxylic acids is 2. The van der Waals surface area contributed by atoms with E-state index in [2.05, 4.69) is 4.74 Å². The van der Waals surface area contributed by atoms with Gasteiger partial charge < -0.3 is 4.74 Å². The van der Waals surface area contributed by atoms with Crippen molar-refractivity contribution in [3.63, 3.8) is 0 Å². The normalized spacial score (nSPS) is 28.9. The number of esters is 1. The summed E-state index contributed by atoms with van der Waals surface area (Å²) in [6, 6.07) is 0. The average molecular weight is 126 g/mol. The summed E-state index contributed by atoms with van der Waals surface area (Å²) in [6.45, 7) is 0.0127. The molecule has 1 aliphatic carbocycles. The molecule has 1 saturated heterocycles. The zero-order valence-corrected chi connectivity index (χ0v) is 4.85. The van der Waals surface area contributed by atoms with Crippen molar-refractivity contribution < 1.29 is 14.3 Å². The topological polar surface area (TPSA) is 43.4 Å². The molecule has 1 heterocycles. The van der Waals surface area contributed by atoms with Crippen molar-refractivity contribution in [2.45, 2.75) is 12.8 Å². The molecule has 2 rings (SSSR count). The second-order valence-corrected chi connectivity index (χ2v) is 2.58. The molecule has 2 aliphatic rings. The van der Waals surface area contributed by atoms with E-state index in [1.807, 2.05) is 0 Å². The van der Waals surface area contributed by atoms with Crippen LogP contribution in [0.25, 0.3) is 0 Å². The molecular formula is C6H6O3. The number of rotatable bonds is 0. The van der Waals surface area contributed by atoms with E-state index < -0.39 is 5.41 Å². The summed E-state index contributed by atoms with van der Waals surface area (Å²) < 4.78 is 4.55. The Bertz CT molecular complexity index is 172. The number of carbonyl (C=O) groups is 2. The van der Waals surface area contributed by atoms with Crippen molar-refractivity contribution >= 4 is 11.8 Å². The Labute approximate surface area is 52.0 Å². The highest BCUT2D eigenvalue weighted by atomic mass is 16.5. The number of ether oxygens (including phenoxy) is 1. The minimum atomic E-state index is -0.639. The molecule has 3 heteroatoms. The third-order valence-electron chi connectivity index (χ3n) is 2.01. The van der Waals surface area contributed by atoms with Crippen LogP contribution >= 0.6 is 0 Å². The number of cyclic esters (lactones) is 1. The van der Waals surface area contributed by atoms with Crippen LogP contribution in [0.5, 0.6) is 0 Å². The molecule has 48 valence electrons. The van der Waals surface area contributed by atoms with Crippen LogP contribution in [0.15, 0.2) is 0 Å². The molecule has 1 aliphatic heterocycles. The summed E-state index contributed by atoms with van der Waals surface area (Å²) in [7, 11) is 0. The minimum absolute atomic E-state index is 0.0127. The van der Waals surface area contributed by atoms with Crippen LogP contribution in [0.1, 0.15) is 12.8 Å². The highest BCUT2D eigenvalue weighted by Gasteiger charge is 2.61. The molecule has 2 fully saturated rings. The molecule has 1 spiro atoms. The molecule has 1 saturated carbocycles. The van der Waals surface area contributed by atoms with E-state index in [4.69, 9.17) is 0 Å². The largest absolute Gasteiger partial charge is 0.457 e. The third-order valence-corrected chi connectivity index (χ3v) is 2.01. The lowest BCUT2D eigenvalue weighted by molar-refractivity contribution is -0.142. The summed E-state index contributed by atoms with van der Waals surface area (Å²) in [4.78, 5) is 21.5. The van der Waals surface area contributed by atoms with E-state index in [1.54, 1.807) is 0 Å². The van der Waals surface area contributed by atoms with Crippen LogP contribution in [0.3, 0.4) is 0 Å². The second kappa shape index (κ2) is 1.17. The Balaban J connectivity index is 2.37. The van der Waals surface area contributed by atoms with Gasteiger partial charge in [-0.15, -0.1) is 0 Å². The monoisotopic (exact) mass is 126 g/mol. The average Bonchev–Trinajstić information content (AvgIpc) is 2.56.